The van der Waals surface area contributed by atoms with Crippen molar-refractivity contribution in [1.29, 1.82) is 0 Å². The lowest BCUT2D eigenvalue weighted by atomic mass is 10.0. The molecule has 0 aliphatic carbocycles. The van der Waals surface area contributed by atoms with Crippen molar-refractivity contribution in [2.45, 2.75) is 12.5 Å². The summed E-state index contributed by atoms with van der Waals surface area (Å²) in [6.45, 7) is 4.68. The molecule has 0 spiro atoms. The van der Waals surface area contributed by atoms with Gasteiger partial charge in [0.15, 0.2) is 11.6 Å². The molecule has 1 atom stereocenters. The molecule has 2 fully saturated rings. The number of anilines is 4. The summed E-state index contributed by atoms with van der Waals surface area (Å²) in [5.41, 5.74) is 3.11. The molecule has 2 aliphatic rings. The van der Waals surface area contributed by atoms with Gasteiger partial charge in [-0.25, -0.2) is 14.4 Å². The Hall–Kier alpha value is -3.23. The molecule has 0 saturated carbocycles. The fourth-order valence-corrected chi connectivity index (χ4v) is 4.18. The van der Waals surface area contributed by atoms with Gasteiger partial charge in [-0.1, -0.05) is 30.3 Å². The third-order valence-corrected chi connectivity index (χ3v) is 6.02. The maximum absolute atomic E-state index is 14.7. The smallest absolute Gasteiger partial charge is 0.229 e. The maximum atomic E-state index is 14.7. The number of benzene rings is 2. The first kappa shape index (κ1) is 20.7. The lowest BCUT2D eigenvalue weighted by Gasteiger charge is -2.34. The van der Waals surface area contributed by atoms with Crippen molar-refractivity contribution in [2.75, 3.05) is 55.1 Å². The van der Waals surface area contributed by atoms with Gasteiger partial charge in [0.05, 0.1) is 18.8 Å². The molecule has 1 N–H and O–H groups in total. The van der Waals surface area contributed by atoms with Gasteiger partial charge >= 0.3 is 0 Å². The molecule has 2 aromatic carbocycles. The van der Waals surface area contributed by atoms with Crippen molar-refractivity contribution in [3.8, 4) is 0 Å². The van der Waals surface area contributed by atoms with Crippen molar-refractivity contribution in [1.82, 2.24) is 14.9 Å². The summed E-state index contributed by atoms with van der Waals surface area (Å²) in [5, 5.41) is 4.75. The van der Waals surface area contributed by atoms with Crippen molar-refractivity contribution in [3.63, 3.8) is 0 Å². The molecule has 7 nitrogen and oxygen atoms in total. The number of nitrogens with zero attached hydrogens (tertiary/aromatic N) is 5. The van der Waals surface area contributed by atoms with E-state index in [4.69, 9.17) is 4.84 Å². The summed E-state index contributed by atoms with van der Waals surface area (Å²) in [7, 11) is 2.15. The Morgan fingerprint density at radius 1 is 1.00 bits per heavy atom. The summed E-state index contributed by atoms with van der Waals surface area (Å²) in [6, 6.07) is 18.0. The van der Waals surface area contributed by atoms with Gasteiger partial charge in [0.1, 0.15) is 0 Å². The van der Waals surface area contributed by atoms with Crippen LogP contribution in [0, 0.1) is 5.82 Å². The van der Waals surface area contributed by atoms with Gasteiger partial charge in [0.25, 0.3) is 0 Å². The minimum atomic E-state index is -0.510. The molecule has 2 saturated heterocycles. The molecule has 0 amide bonds. The predicted molar refractivity (Wildman–Crippen MR) is 124 cm³/mol. The van der Waals surface area contributed by atoms with Crippen LogP contribution in [0.25, 0.3) is 0 Å². The molecular formula is C24H27FN6O. The highest BCUT2D eigenvalue weighted by molar-refractivity contribution is 5.60. The van der Waals surface area contributed by atoms with Gasteiger partial charge in [-0.3, -0.25) is 4.84 Å². The van der Waals surface area contributed by atoms with Gasteiger partial charge in [-0.2, -0.15) is 4.98 Å². The molecule has 8 heteroatoms. The topological polar surface area (TPSA) is 56.8 Å². The molecule has 32 heavy (non-hydrogen) atoms. The lowest BCUT2D eigenvalue weighted by molar-refractivity contribution is 0.154. The number of halogens is 1. The van der Waals surface area contributed by atoms with Crippen LogP contribution in [0.1, 0.15) is 18.0 Å². The minimum absolute atomic E-state index is 0.0867. The standard InChI is InChI=1S/C24H27FN6O/c1-29-12-14-30(15-13-29)20-9-7-19(8-10-20)27-24-26-17-21(25)23(28-24)31-22(11-16-32-31)18-5-3-2-4-6-18/h2-10,17,22H,11-16H2,1H3,(H,26,27,28). The number of aromatic nitrogens is 2. The van der Waals surface area contributed by atoms with E-state index in [1.807, 2.05) is 42.5 Å². The molecule has 3 heterocycles. The summed E-state index contributed by atoms with van der Waals surface area (Å²) in [5.74, 6) is -0.0391. The molecule has 0 radical (unpaired) electrons. The van der Waals surface area contributed by atoms with E-state index in [0.717, 1.165) is 43.9 Å². The molecule has 2 aliphatic heterocycles. The molecule has 166 valence electrons. The zero-order valence-electron chi connectivity index (χ0n) is 18.1. The monoisotopic (exact) mass is 434 g/mol. The van der Waals surface area contributed by atoms with Crippen LogP contribution in [-0.4, -0.2) is 54.7 Å². The van der Waals surface area contributed by atoms with Crippen molar-refractivity contribution in [2.24, 2.45) is 0 Å². The van der Waals surface area contributed by atoms with E-state index in [-0.39, 0.29) is 11.9 Å². The van der Waals surface area contributed by atoms with Crippen LogP contribution in [0.4, 0.5) is 27.5 Å². The Bertz CT molecular complexity index is 1040. The quantitative estimate of drug-likeness (QED) is 0.652. The molecule has 1 aromatic heterocycles. The van der Waals surface area contributed by atoms with E-state index in [2.05, 4.69) is 44.3 Å². The van der Waals surface area contributed by atoms with E-state index in [1.165, 1.54) is 11.9 Å². The van der Waals surface area contributed by atoms with Gasteiger partial charge in [0, 0.05) is 44.0 Å². The number of piperazine rings is 1. The van der Waals surface area contributed by atoms with E-state index < -0.39 is 5.82 Å². The number of hydrogen-bond donors (Lipinski definition) is 1. The summed E-state index contributed by atoms with van der Waals surface area (Å²) in [4.78, 5) is 19.0. The maximum Gasteiger partial charge on any atom is 0.229 e. The zero-order chi connectivity index (χ0) is 21.9. The summed E-state index contributed by atoms with van der Waals surface area (Å²) >= 11 is 0. The number of rotatable bonds is 5. The Morgan fingerprint density at radius 3 is 2.50 bits per heavy atom. The second kappa shape index (κ2) is 9.10. The number of likely N-dealkylation sites (N-methyl/N-ethyl adjacent to an activating group) is 1. The molecule has 0 bridgehead atoms. The van der Waals surface area contributed by atoms with Crippen molar-refractivity contribution in [3.05, 3.63) is 72.2 Å². The highest BCUT2D eigenvalue weighted by Gasteiger charge is 2.31. The van der Waals surface area contributed by atoms with Gasteiger partial charge in [-0.05, 0) is 36.9 Å². The highest BCUT2D eigenvalue weighted by atomic mass is 19.1. The fraction of sp³-hybridized carbons (Fsp3) is 0.333. The average Bonchev–Trinajstić information content (AvgIpc) is 3.32. The second-order valence-electron chi connectivity index (χ2n) is 8.20. The van der Waals surface area contributed by atoms with E-state index in [9.17, 15) is 4.39 Å². The van der Waals surface area contributed by atoms with Crippen molar-refractivity contribution >= 4 is 23.1 Å². The Balaban J connectivity index is 1.32. The van der Waals surface area contributed by atoms with Crippen LogP contribution < -0.4 is 15.3 Å². The van der Waals surface area contributed by atoms with Crippen LogP contribution in [0.3, 0.4) is 0 Å². The minimum Gasteiger partial charge on any atom is -0.369 e. The first-order chi connectivity index (χ1) is 15.7. The van der Waals surface area contributed by atoms with Crippen LogP contribution in [-0.2, 0) is 4.84 Å². The van der Waals surface area contributed by atoms with Crippen LogP contribution >= 0.6 is 0 Å². The van der Waals surface area contributed by atoms with E-state index in [0.29, 0.717) is 12.6 Å². The Kier molecular flexibility index (Phi) is 5.87. The van der Waals surface area contributed by atoms with Crippen LogP contribution in [0.5, 0.6) is 0 Å². The zero-order valence-corrected chi connectivity index (χ0v) is 18.1. The molecule has 1 unspecified atom stereocenters. The predicted octanol–water partition coefficient (Wildman–Crippen LogP) is 3.99. The number of hydroxylamine groups is 1. The van der Waals surface area contributed by atoms with Gasteiger partial charge in [0.2, 0.25) is 5.95 Å². The molecule has 3 aromatic rings. The van der Waals surface area contributed by atoms with Crippen molar-refractivity contribution < 1.29 is 9.23 Å². The Labute approximate surface area is 187 Å². The normalized spacial score (nSPS) is 19.4. The number of nitrogens with one attached hydrogen (secondary N) is 1. The van der Waals surface area contributed by atoms with Crippen LogP contribution in [0.15, 0.2) is 60.8 Å². The first-order valence-electron chi connectivity index (χ1n) is 11.0. The number of hydrogen-bond acceptors (Lipinski definition) is 7. The Morgan fingerprint density at radius 2 is 1.75 bits per heavy atom. The van der Waals surface area contributed by atoms with E-state index >= 15 is 0 Å². The van der Waals surface area contributed by atoms with Gasteiger partial charge in [-0.15, -0.1) is 0 Å². The molecular weight excluding hydrogens is 407 g/mol. The summed E-state index contributed by atoms with van der Waals surface area (Å²) < 4.78 is 14.7. The third-order valence-electron chi connectivity index (χ3n) is 6.02. The SMILES string of the molecule is CN1CCN(c2ccc(Nc3ncc(F)c(N4OCCC4c4ccccc4)n3)cc2)CC1. The third kappa shape index (κ3) is 4.37. The van der Waals surface area contributed by atoms with E-state index in [1.54, 1.807) is 5.06 Å². The van der Waals surface area contributed by atoms with Crippen LogP contribution in [0.2, 0.25) is 0 Å². The fourth-order valence-electron chi connectivity index (χ4n) is 4.18. The highest BCUT2D eigenvalue weighted by Crippen LogP contribution is 2.35. The molecule has 5 rings (SSSR count). The second-order valence-corrected chi connectivity index (χ2v) is 8.20. The summed E-state index contributed by atoms with van der Waals surface area (Å²) in [6.07, 6.45) is 1.96. The average molecular weight is 435 g/mol. The first-order valence-corrected chi connectivity index (χ1v) is 11.0. The lowest BCUT2D eigenvalue weighted by Crippen LogP contribution is -2.44. The van der Waals surface area contributed by atoms with Gasteiger partial charge < -0.3 is 15.1 Å². The largest absolute Gasteiger partial charge is 0.369 e.